The number of nitrogens with two attached hydrogens (primary N) is 1. The molecule has 0 bridgehead atoms. The molecule has 0 spiro atoms. The number of hydrazine groups is 1. The van der Waals surface area contributed by atoms with Crippen LogP contribution in [-0.4, -0.2) is 21.8 Å². The van der Waals surface area contributed by atoms with E-state index in [1.807, 2.05) is 31.8 Å². The maximum atomic E-state index is 5.40. The van der Waals surface area contributed by atoms with Gasteiger partial charge in [0.05, 0.1) is 12.2 Å². The van der Waals surface area contributed by atoms with Crippen molar-refractivity contribution in [2.75, 3.05) is 0 Å². The standard InChI is InChI=1S/C11H22N6/c1-5-10-9(7-17(4)16-10)6-13-11(15-12)14-8(2)3/h7-8H,5-6,12H2,1-4H3,(H2,13,14,15). The zero-order valence-electron chi connectivity index (χ0n) is 11.0. The highest BCUT2D eigenvalue weighted by atomic mass is 15.3. The Morgan fingerprint density at radius 3 is 2.82 bits per heavy atom. The number of nitrogens with zero attached hydrogens (tertiary/aromatic N) is 3. The summed E-state index contributed by atoms with van der Waals surface area (Å²) in [5.74, 6) is 6.00. The van der Waals surface area contributed by atoms with Gasteiger partial charge in [0.25, 0.3) is 0 Å². The van der Waals surface area contributed by atoms with E-state index >= 15 is 0 Å². The molecule has 1 rings (SSSR count). The second-order valence-electron chi connectivity index (χ2n) is 4.24. The minimum absolute atomic E-state index is 0.296. The first-order chi connectivity index (χ1) is 8.06. The third kappa shape index (κ3) is 4.07. The monoisotopic (exact) mass is 238 g/mol. The van der Waals surface area contributed by atoms with Gasteiger partial charge >= 0.3 is 0 Å². The lowest BCUT2D eigenvalue weighted by Gasteiger charge is -2.11. The van der Waals surface area contributed by atoms with Gasteiger partial charge in [-0.15, -0.1) is 0 Å². The van der Waals surface area contributed by atoms with Crippen molar-refractivity contribution in [3.8, 4) is 0 Å². The van der Waals surface area contributed by atoms with E-state index in [0.717, 1.165) is 17.7 Å². The van der Waals surface area contributed by atoms with E-state index in [-0.39, 0.29) is 0 Å². The fourth-order valence-corrected chi connectivity index (χ4v) is 1.58. The normalized spacial score (nSPS) is 12.0. The Morgan fingerprint density at radius 1 is 1.59 bits per heavy atom. The molecule has 4 N–H and O–H groups in total. The maximum absolute atomic E-state index is 5.40. The van der Waals surface area contributed by atoms with Crippen molar-refractivity contribution in [2.24, 2.45) is 17.9 Å². The molecule has 6 heteroatoms. The molecule has 0 aromatic carbocycles. The summed E-state index contributed by atoms with van der Waals surface area (Å²) in [5.41, 5.74) is 4.77. The first kappa shape index (κ1) is 13.5. The highest BCUT2D eigenvalue weighted by Crippen LogP contribution is 2.08. The summed E-state index contributed by atoms with van der Waals surface area (Å²) in [4.78, 5) is 4.39. The number of nitrogens with one attached hydrogen (secondary N) is 2. The molecule has 6 nitrogen and oxygen atoms in total. The van der Waals surface area contributed by atoms with Gasteiger partial charge in [0, 0.05) is 24.8 Å². The molecule has 0 saturated heterocycles. The molecule has 0 radical (unpaired) electrons. The number of aryl methyl sites for hydroxylation is 2. The number of guanidine groups is 1. The number of aromatic nitrogens is 2. The summed E-state index contributed by atoms with van der Waals surface area (Å²) in [5, 5.41) is 7.50. The van der Waals surface area contributed by atoms with Crippen LogP contribution < -0.4 is 16.6 Å². The van der Waals surface area contributed by atoms with E-state index in [4.69, 9.17) is 5.84 Å². The molecular weight excluding hydrogens is 216 g/mol. The Bertz CT molecular complexity index is 379. The molecule has 0 aliphatic carbocycles. The maximum Gasteiger partial charge on any atom is 0.206 e. The summed E-state index contributed by atoms with van der Waals surface area (Å²) in [6, 6.07) is 0.296. The van der Waals surface area contributed by atoms with Crippen molar-refractivity contribution in [1.82, 2.24) is 20.5 Å². The Morgan fingerprint density at radius 2 is 2.29 bits per heavy atom. The summed E-state index contributed by atoms with van der Waals surface area (Å²) >= 11 is 0. The lowest BCUT2D eigenvalue weighted by Crippen LogP contribution is -2.44. The third-order valence-electron chi connectivity index (χ3n) is 2.30. The topological polar surface area (TPSA) is 80.3 Å². The van der Waals surface area contributed by atoms with Gasteiger partial charge in [-0.05, 0) is 20.3 Å². The van der Waals surface area contributed by atoms with Crippen molar-refractivity contribution < 1.29 is 0 Å². The van der Waals surface area contributed by atoms with Gasteiger partial charge in [0.15, 0.2) is 0 Å². The average molecular weight is 238 g/mol. The van der Waals surface area contributed by atoms with Crippen molar-refractivity contribution >= 4 is 5.96 Å². The number of rotatable bonds is 4. The van der Waals surface area contributed by atoms with Gasteiger partial charge < -0.3 is 5.32 Å². The van der Waals surface area contributed by atoms with E-state index < -0.39 is 0 Å². The lowest BCUT2D eigenvalue weighted by molar-refractivity contribution is 0.702. The largest absolute Gasteiger partial charge is 0.353 e. The van der Waals surface area contributed by atoms with Crippen molar-refractivity contribution in [2.45, 2.75) is 39.8 Å². The lowest BCUT2D eigenvalue weighted by atomic mass is 10.2. The molecule has 17 heavy (non-hydrogen) atoms. The van der Waals surface area contributed by atoms with Crippen LogP contribution in [0, 0.1) is 0 Å². The summed E-state index contributed by atoms with van der Waals surface area (Å²) in [6.07, 6.45) is 2.90. The van der Waals surface area contributed by atoms with Crippen LogP contribution in [-0.2, 0) is 20.0 Å². The van der Waals surface area contributed by atoms with Crippen LogP contribution in [0.25, 0.3) is 0 Å². The predicted molar refractivity (Wildman–Crippen MR) is 69.3 cm³/mol. The Hall–Kier alpha value is -1.56. The first-order valence-corrected chi connectivity index (χ1v) is 5.85. The molecular formula is C11H22N6. The van der Waals surface area contributed by atoms with E-state index in [2.05, 4.69) is 27.8 Å². The van der Waals surface area contributed by atoms with Crippen LogP contribution in [0.1, 0.15) is 32.0 Å². The van der Waals surface area contributed by atoms with Crippen LogP contribution in [0.4, 0.5) is 0 Å². The zero-order chi connectivity index (χ0) is 12.8. The number of hydrogen-bond donors (Lipinski definition) is 3. The highest BCUT2D eigenvalue weighted by Gasteiger charge is 2.05. The van der Waals surface area contributed by atoms with E-state index in [9.17, 15) is 0 Å². The molecule has 0 unspecified atom stereocenters. The van der Waals surface area contributed by atoms with Crippen molar-refractivity contribution in [3.05, 3.63) is 17.5 Å². The van der Waals surface area contributed by atoms with Gasteiger partial charge in [0.2, 0.25) is 5.96 Å². The zero-order valence-corrected chi connectivity index (χ0v) is 11.0. The van der Waals surface area contributed by atoms with Crippen molar-refractivity contribution in [1.29, 1.82) is 0 Å². The molecule has 96 valence electrons. The number of aliphatic imine (C=N–C) groups is 1. The van der Waals surface area contributed by atoms with Crippen LogP contribution in [0.15, 0.2) is 11.2 Å². The van der Waals surface area contributed by atoms with Crippen LogP contribution in [0.3, 0.4) is 0 Å². The Labute approximate surface area is 102 Å². The molecule has 1 heterocycles. The average Bonchev–Trinajstić information content (AvgIpc) is 2.64. The Balaban J connectivity index is 2.72. The smallest absolute Gasteiger partial charge is 0.206 e. The predicted octanol–water partition coefficient (Wildman–Crippen LogP) is 0.300. The SMILES string of the molecule is CCc1nn(C)cc1CN=C(NN)NC(C)C. The molecule has 1 aromatic heterocycles. The first-order valence-electron chi connectivity index (χ1n) is 5.85. The molecule has 0 amide bonds. The molecule has 0 aliphatic rings. The quantitative estimate of drug-likeness (QED) is 0.305. The second kappa shape index (κ2) is 6.24. The molecule has 1 aromatic rings. The highest BCUT2D eigenvalue weighted by molar-refractivity contribution is 5.79. The summed E-state index contributed by atoms with van der Waals surface area (Å²) in [7, 11) is 1.92. The van der Waals surface area contributed by atoms with Crippen LogP contribution in [0.2, 0.25) is 0 Å². The van der Waals surface area contributed by atoms with Gasteiger partial charge in [0.1, 0.15) is 0 Å². The van der Waals surface area contributed by atoms with E-state index in [1.54, 1.807) is 0 Å². The molecule has 0 atom stereocenters. The fraction of sp³-hybridized carbons (Fsp3) is 0.636. The summed E-state index contributed by atoms with van der Waals surface area (Å²) < 4.78 is 1.81. The molecule has 0 aliphatic heterocycles. The van der Waals surface area contributed by atoms with Crippen LogP contribution in [0.5, 0.6) is 0 Å². The fourth-order valence-electron chi connectivity index (χ4n) is 1.58. The van der Waals surface area contributed by atoms with Gasteiger partial charge in [-0.25, -0.2) is 10.8 Å². The van der Waals surface area contributed by atoms with E-state index in [1.165, 1.54) is 0 Å². The summed E-state index contributed by atoms with van der Waals surface area (Å²) in [6.45, 7) is 6.74. The Kier molecular flexibility index (Phi) is 4.96. The number of hydrogen-bond acceptors (Lipinski definition) is 3. The van der Waals surface area contributed by atoms with E-state index in [0.29, 0.717) is 18.5 Å². The minimum atomic E-state index is 0.296. The van der Waals surface area contributed by atoms with Gasteiger partial charge in [-0.2, -0.15) is 5.10 Å². The third-order valence-corrected chi connectivity index (χ3v) is 2.30. The molecule has 0 saturated carbocycles. The molecule has 0 fully saturated rings. The minimum Gasteiger partial charge on any atom is -0.353 e. The van der Waals surface area contributed by atoms with Gasteiger partial charge in [-0.1, -0.05) is 6.92 Å². The van der Waals surface area contributed by atoms with Crippen molar-refractivity contribution in [3.63, 3.8) is 0 Å². The van der Waals surface area contributed by atoms with Crippen LogP contribution >= 0.6 is 0 Å². The second-order valence-corrected chi connectivity index (χ2v) is 4.24. The van der Waals surface area contributed by atoms with Gasteiger partial charge in [-0.3, -0.25) is 10.1 Å².